The standard InChI is InChI=1S/C11H15NO/c1-8-7-11(2,3)6-4-5-9(8)10(12)13/h4-7H,1-3H3,(H2,12,13). The van der Waals surface area contributed by atoms with E-state index in [1.807, 2.05) is 25.2 Å². The van der Waals surface area contributed by atoms with Crippen LogP contribution in [-0.2, 0) is 4.79 Å². The Morgan fingerprint density at radius 3 is 2.62 bits per heavy atom. The van der Waals surface area contributed by atoms with Gasteiger partial charge in [-0.1, -0.05) is 32.1 Å². The number of hydrogen-bond donors (Lipinski definition) is 1. The summed E-state index contributed by atoms with van der Waals surface area (Å²) in [6, 6.07) is 0. The van der Waals surface area contributed by atoms with Crippen LogP contribution in [0.15, 0.2) is 35.5 Å². The van der Waals surface area contributed by atoms with E-state index in [0.29, 0.717) is 5.57 Å². The summed E-state index contributed by atoms with van der Waals surface area (Å²) >= 11 is 0. The lowest BCUT2D eigenvalue weighted by molar-refractivity contribution is -0.114. The molecular weight excluding hydrogens is 162 g/mol. The Labute approximate surface area is 78.8 Å². The third-order valence-electron chi connectivity index (χ3n) is 2.07. The van der Waals surface area contributed by atoms with Crippen LogP contribution in [-0.4, -0.2) is 5.91 Å². The second-order valence-corrected chi connectivity index (χ2v) is 3.95. The number of hydrogen-bond acceptors (Lipinski definition) is 1. The fourth-order valence-electron chi connectivity index (χ4n) is 1.48. The highest BCUT2D eigenvalue weighted by molar-refractivity contribution is 5.96. The number of carbonyl (C=O) groups is 1. The molecule has 0 aromatic carbocycles. The Balaban J connectivity index is 3.12. The summed E-state index contributed by atoms with van der Waals surface area (Å²) in [6.45, 7) is 6.08. The van der Waals surface area contributed by atoms with Crippen LogP contribution < -0.4 is 5.73 Å². The van der Waals surface area contributed by atoms with Crippen molar-refractivity contribution in [2.75, 3.05) is 0 Å². The van der Waals surface area contributed by atoms with Crippen molar-refractivity contribution in [2.24, 2.45) is 11.1 Å². The van der Waals surface area contributed by atoms with Gasteiger partial charge >= 0.3 is 0 Å². The van der Waals surface area contributed by atoms with Crippen LogP contribution in [0, 0.1) is 5.41 Å². The number of allylic oxidation sites excluding steroid dienone is 4. The van der Waals surface area contributed by atoms with Gasteiger partial charge in [-0.15, -0.1) is 0 Å². The molecule has 1 amide bonds. The van der Waals surface area contributed by atoms with Crippen molar-refractivity contribution in [1.82, 2.24) is 0 Å². The summed E-state index contributed by atoms with van der Waals surface area (Å²) in [7, 11) is 0. The van der Waals surface area contributed by atoms with E-state index in [0.717, 1.165) is 5.57 Å². The van der Waals surface area contributed by atoms with Crippen molar-refractivity contribution < 1.29 is 4.79 Å². The molecule has 0 unspecified atom stereocenters. The van der Waals surface area contributed by atoms with Gasteiger partial charge in [-0.05, 0) is 18.6 Å². The Hall–Kier alpha value is -1.31. The summed E-state index contributed by atoms with van der Waals surface area (Å²) in [5, 5.41) is 0. The van der Waals surface area contributed by atoms with Crippen molar-refractivity contribution in [1.29, 1.82) is 0 Å². The summed E-state index contributed by atoms with van der Waals surface area (Å²) in [5.41, 5.74) is 6.78. The van der Waals surface area contributed by atoms with Crippen LogP contribution in [0.2, 0.25) is 0 Å². The Morgan fingerprint density at radius 1 is 1.46 bits per heavy atom. The van der Waals surface area contributed by atoms with E-state index < -0.39 is 0 Å². The molecule has 0 aromatic heterocycles. The first-order valence-electron chi connectivity index (χ1n) is 4.31. The summed E-state index contributed by atoms with van der Waals surface area (Å²) in [6.07, 6.45) is 7.75. The van der Waals surface area contributed by atoms with E-state index in [1.54, 1.807) is 6.08 Å². The molecule has 0 heterocycles. The first-order valence-corrected chi connectivity index (χ1v) is 4.31. The third-order valence-corrected chi connectivity index (χ3v) is 2.07. The SMILES string of the molecule is CC1=CC(C)(C)C=CC=C1C(N)=O. The summed E-state index contributed by atoms with van der Waals surface area (Å²) in [4.78, 5) is 11.0. The van der Waals surface area contributed by atoms with E-state index in [2.05, 4.69) is 13.8 Å². The second kappa shape index (κ2) is 3.21. The average Bonchev–Trinajstić information content (AvgIpc) is 2.06. The number of amides is 1. The molecule has 0 fully saturated rings. The quantitative estimate of drug-likeness (QED) is 0.653. The molecule has 0 saturated heterocycles. The summed E-state index contributed by atoms with van der Waals surface area (Å²) in [5.74, 6) is -0.365. The molecule has 0 spiro atoms. The van der Waals surface area contributed by atoms with Gasteiger partial charge < -0.3 is 5.73 Å². The van der Waals surface area contributed by atoms with Crippen molar-refractivity contribution in [3.63, 3.8) is 0 Å². The minimum Gasteiger partial charge on any atom is -0.366 e. The van der Waals surface area contributed by atoms with Gasteiger partial charge in [-0.3, -0.25) is 4.79 Å². The molecule has 1 aliphatic rings. The van der Waals surface area contributed by atoms with E-state index in [1.165, 1.54) is 0 Å². The maximum absolute atomic E-state index is 11.0. The first-order chi connectivity index (χ1) is 5.92. The topological polar surface area (TPSA) is 43.1 Å². The van der Waals surface area contributed by atoms with Crippen LogP contribution in [0.4, 0.5) is 0 Å². The maximum Gasteiger partial charge on any atom is 0.248 e. The maximum atomic E-state index is 11.0. The number of nitrogens with two attached hydrogens (primary N) is 1. The summed E-state index contributed by atoms with van der Waals surface area (Å²) < 4.78 is 0. The Kier molecular flexibility index (Phi) is 2.41. The largest absolute Gasteiger partial charge is 0.366 e. The van der Waals surface area contributed by atoms with Crippen LogP contribution >= 0.6 is 0 Å². The van der Waals surface area contributed by atoms with E-state index >= 15 is 0 Å². The van der Waals surface area contributed by atoms with Crippen LogP contribution in [0.5, 0.6) is 0 Å². The van der Waals surface area contributed by atoms with Gasteiger partial charge in [0.25, 0.3) is 0 Å². The minimum absolute atomic E-state index is 0.00220. The van der Waals surface area contributed by atoms with E-state index in [-0.39, 0.29) is 11.3 Å². The molecule has 2 heteroatoms. The van der Waals surface area contributed by atoms with Crippen molar-refractivity contribution in [3.8, 4) is 0 Å². The molecular formula is C11H15NO. The molecule has 1 rings (SSSR count). The first kappa shape index (κ1) is 9.78. The molecule has 0 aliphatic heterocycles. The lowest BCUT2D eigenvalue weighted by atomic mass is 9.90. The molecule has 13 heavy (non-hydrogen) atoms. The van der Waals surface area contributed by atoms with Gasteiger partial charge in [0, 0.05) is 11.0 Å². The van der Waals surface area contributed by atoms with E-state index in [4.69, 9.17) is 5.73 Å². The minimum atomic E-state index is -0.365. The molecule has 0 aromatic rings. The lowest BCUT2D eigenvalue weighted by Gasteiger charge is -2.14. The predicted molar refractivity (Wildman–Crippen MR) is 54.0 cm³/mol. The van der Waals surface area contributed by atoms with Crippen molar-refractivity contribution in [2.45, 2.75) is 20.8 Å². The van der Waals surface area contributed by atoms with Crippen molar-refractivity contribution in [3.05, 3.63) is 35.5 Å². The van der Waals surface area contributed by atoms with Gasteiger partial charge in [0.05, 0.1) is 0 Å². The molecule has 70 valence electrons. The zero-order valence-electron chi connectivity index (χ0n) is 8.29. The third kappa shape index (κ3) is 2.31. The lowest BCUT2D eigenvalue weighted by Crippen LogP contribution is -2.15. The fraction of sp³-hybridized carbons (Fsp3) is 0.364. The Bertz CT molecular complexity index is 319. The van der Waals surface area contributed by atoms with Crippen LogP contribution in [0.1, 0.15) is 20.8 Å². The smallest absolute Gasteiger partial charge is 0.248 e. The molecule has 0 radical (unpaired) electrons. The van der Waals surface area contributed by atoms with Gasteiger partial charge in [0.2, 0.25) is 5.91 Å². The number of rotatable bonds is 1. The highest BCUT2D eigenvalue weighted by atomic mass is 16.1. The monoisotopic (exact) mass is 177 g/mol. The fourth-order valence-corrected chi connectivity index (χ4v) is 1.48. The van der Waals surface area contributed by atoms with Gasteiger partial charge in [0.1, 0.15) is 0 Å². The highest BCUT2D eigenvalue weighted by Gasteiger charge is 2.16. The van der Waals surface area contributed by atoms with Crippen LogP contribution in [0.25, 0.3) is 0 Å². The highest BCUT2D eigenvalue weighted by Crippen LogP contribution is 2.26. The molecule has 2 nitrogen and oxygen atoms in total. The van der Waals surface area contributed by atoms with Gasteiger partial charge in [-0.25, -0.2) is 0 Å². The predicted octanol–water partition coefficient (Wildman–Crippen LogP) is 1.94. The molecule has 2 N–H and O–H groups in total. The number of carbonyl (C=O) groups excluding carboxylic acids is 1. The van der Waals surface area contributed by atoms with Gasteiger partial charge in [-0.2, -0.15) is 0 Å². The zero-order valence-corrected chi connectivity index (χ0v) is 8.29. The van der Waals surface area contributed by atoms with Crippen LogP contribution in [0.3, 0.4) is 0 Å². The molecule has 1 aliphatic carbocycles. The molecule has 0 saturated carbocycles. The van der Waals surface area contributed by atoms with Crippen molar-refractivity contribution >= 4 is 5.91 Å². The second-order valence-electron chi connectivity index (χ2n) is 3.95. The van der Waals surface area contributed by atoms with E-state index in [9.17, 15) is 4.79 Å². The zero-order chi connectivity index (χ0) is 10.1. The number of primary amides is 1. The Morgan fingerprint density at radius 2 is 2.08 bits per heavy atom. The average molecular weight is 177 g/mol. The molecule has 0 bridgehead atoms. The normalized spacial score (nSPS) is 20.2. The van der Waals surface area contributed by atoms with Gasteiger partial charge in [0.15, 0.2) is 0 Å². The molecule has 0 atom stereocenters.